The monoisotopic (exact) mass is 462 g/mol. The molecule has 3 fully saturated rings. The summed E-state index contributed by atoms with van der Waals surface area (Å²) in [5.41, 5.74) is 1.21. The molecule has 3 heterocycles. The van der Waals surface area contributed by atoms with Gasteiger partial charge in [-0.1, -0.05) is 25.0 Å². The molecule has 32 heavy (non-hydrogen) atoms. The van der Waals surface area contributed by atoms with Gasteiger partial charge in [-0.2, -0.15) is 0 Å². The molecule has 0 spiro atoms. The van der Waals surface area contributed by atoms with Gasteiger partial charge in [-0.15, -0.1) is 17.5 Å². The van der Waals surface area contributed by atoms with Crippen LogP contribution in [0.15, 0.2) is 24.3 Å². The quantitative estimate of drug-likeness (QED) is 0.626. The van der Waals surface area contributed by atoms with Crippen LogP contribution in [0.1, 0.15) is 56.0 Å². The predicted octanol–water partition coefficient (Wildman–Crippen LogP) is 2.93. The van der Waals surface area contributed by atoms with Gasteiger partial charge in [0.05, 0.1) is 25.8 Å². The van der Waals surface area contributed by atoms with E-state index in [2.05, 4.69) is 37.5 Å². The van der Waals surface area contributed by atoms with Crippen LogP contribution in [0.25, 0.3) is 0 Å². The molecule has 176 valence electrons. The molecule has 2 saturated heterocycles. The highest BCUT2D eigenvalue weighted by atomic mass is 35.5. The van der Waals surface area contributed by atoms with Gasteiger partial charge in [0.25, 0.3) is 0 Å². The number of nitrogens with zero attached hydrogens (tertiary/aromatic N) is 6. The summed E-state index contributed by atoms with van der Waals surface area (Å²) in [7, 11) is 1.71. The molecule has 0 bridgehead atoms. The fourth-order valence-electron chi connectivity index (χ4n) is 5.46. The number of piperazine rings is 1. The van der Waals surface area contributed by atoms with Gasteiger partial charge in [-0.05, 0) is 53.8 Å². The first-order valence-electron chi connectivity index (χ1n) is 11.8. The zero-order valence-electron chi connectivity index (χ0n) is 18.9. The van der Waals surface area contributed by atoms with Gasteiger partial charge in [0.2, 0.25) is 0 Å². The Morgan fingerprint density at radius 1 is 1.03 bits per heavy atom. The van der Waals surface area contributed by atoms with Gasteiger partial charge in [-0.3, -0.25) is 9.80 Å². The van der Waals surface area contributed by atoms with Gasteiger partial charge >= 0.3 is 0 Å². The van der Waals surface area contributed by atoms with Crippen LogP contribution < -0.4 is 4.74 Å². The molecule has 0 amide bonds. The van der Waals surface area contributed by atoms with Crippen molar-refractivity contribution in [2.45, 2.75) is 63.3 Å². The Bertz CT molecular complexity index is 827. The Hall–Kier alpha value is -1.74. The molecular formula is C23H35ClN6O2. The lowest BCUT2D eigenvalue weighted by Gasteiger charge is -2.41. The van der Waals surface area contributed by atoms with Crippen LogP contribution in [0.5, 0.6) is 5.75 Å². The second-order valence-electron chi connectivity index (χ2n) is 9.04. The van der Waals surface area contributed by atoms with Crippen LogP contribution in [-0.2, 0) is 11.3 Å². The Morgan fingerprint density at radius 3 is 2.44 bits per heavy atom. The van der Waals surface area contributed by atoms with E-state index in [4.69, 9.17) is 9.47 Å². The zero-order chi connectivity index (χ0) is 21.0. The highest BCUT2D eigenvalue weighted by Crippen LogP contribution is 2.31. The fraction of sp³-hybridized carbons (Fsp3) is 0.696. The number of tetrazole rings is 1. The normalized spacial score (nSPS) is 23.8. The molecule has 1 aliphatic carbocycles. The summed E-state index contributed by atoms with van der Waals surface area (Å²) in [6.07, 6.45) is 7.90. The number of hydrogen-bond donors (Lipinski definition) is 0. The molecule has 2 aromatic rings. The van der Waals surface area contributed by atoms with Crippen LogP contribution in [0, 0.1) is 0 Å². The molecule has 3 aliphatic rings. The Kier molecular flexibility index (Phi) is 7.99. The molecule has 5 rings (SSSR count). The number of rotatable bonds is 7. The minimum atomic E-state index is 0. The van der Waals surface area contributed by atoms with Crippen LogP contribution in [-0.4, -0.2) is 82.0 Å². The van der Waals surface area contributed by atoms with Gasteiger partial charge < -0.3 is 9.47 Å². The van der Waals surface area contributed by atoms with E-state index in [1.807, 2.05) is 16.8 Å². The second kappa shape index (κ2) is 10.9. The van der Waals surface area contributed by atoms with Crippen molar-refractivity contribution in [3.8, 4) is 5.75 Å². The largest absolute Gasteiger partial charge is 0.497 e. The second-order valence-corrected chi connectivity index (χ2v) is 9.04. The molecule has 9 heteroatoms. The van der Waals surface area contributed by atoms with Crippen molar-refractivity contribution in [1.29, 1.82) is 0 Å². The van der Waals surface area contributed by atoms with E-state index >= 15 is 0 Å². The average molecular weight is 463 g/mol. The summed E-state index contributed by atoms with van der Waals surface area (Å²) >= 11 is 0. The third-order valence-electron chi connectivity index (χ3n) is 7.19. The molecule has 2 atom stereocenters. The standard InChI is InChI=1S/C23H34N6O2.ClH/c1-30-20-10-8-18(9-11-20)22(23-24-25-26-29(23)17-21-7-4-16-31-21)28-14-12-27(13-15-28)19-5-2-3-6-19;/h8-11,19,21-22H,2-7,12-17H2,1H3;1H. The van der Waals surface area contributed by atoms with E-state index in [0.717, 1.165) is 69.8 Å². The van der Waals surface area contributed by atoms with Crippen molar-refractivity contribution in [3.63, 3.8) is 0 Å². The number of aromatic nitrogens is 4. The summed E-state index contributed by atoms with van der Waals surface area (Å²) < 4.78 is 13.2. The third-order valence-corrected chi connectivity index (χ3v) is 7.19. The maximum absolute atomic E-state index is 5.86. The fourth-order valence-corrected chi connectivity index (χ4v) is 5.46. The molecule has 2 aliphatic heterocycles. The summed E-state index contributed by atoms with van der Waals surface area (Å²) in [5, 5.41) is 12.9. The topological polar surface area (TPSA) is 68.5 Å². The lowest BCUT2D eigenvalue weighted by atomic mass is 10.0. The molecule has 0 radical (unpaired) electrons. The molecule has 0 N–H and O–H groups in total. The van der Waals surface area contributed by atoms with Crippen LogP contribution >= 0.6 is 12.4 Å². The third kappa shape index (κ3) is 5.09. The lowest BCUT2D eigenvalue weighted by Crippen LogP contribution is -2.51. The maximum atomic E-state index is 5.86. The first-order valence-corrected chi connectivity index (χ1v) is 11.8. The highest BCUT2D eigenvalue weighted by molar-refractivity contribution is 5.85. The Labute approximate surface area is 196 Å². The predicted molar refractivity (Wildman–Crippen MR) is 124 cm³/mol. The Morgan fingerprint density at radius 2 is 1.78 bits per heavy atom. The summed E-state index contributed by atoms with van der Waals surface area (Å²) in [4.78, 5) is 5.24. The SMILES string of the molecule is COc1ccc(C(c2nnnn2CC2CCCO2)N2CCN(C3CCCC3)CC2)cc1.Cl. The number of halogens is 1. The Balaban J connectivity index is 0.00000245. The van der Waals surface area contributed by atoms with Crippen molar-refractivity contribution < 1.29 is 9.47 Å². The van der Waals surface area contributed by atoms with Crippen molar-refractivity contribution >= 4 is 12.4 Å². The van der Waals surface area contributed by atoms with Crippen LogP contribution in [0.3, 0.4) is 0 Å². The molecular weight excluding hydrogens is 428 g/mol. The zero-order valence-corrected chi connectivity index (χ0v) is 19.8. The van der Waals surface area contributed by atoms with E-state index in [1.165, 1.54) is 31.2 Å². The van der Waals surface area contributed by atoms with E-state index in [0.29, 0.717) is 0 Å². The first-order chi connectivity index (χ1) is 15.3. The van der Waals surface area contributed by atoms with Gasteiger partial charge in [0, 0.05) is 38.8 Å². The molecule has 2 unspecified atom stereocenters. The molecule has 1 aromatic carbocycles. The number of hydrogen-bond acceptors (Lipinski definition) is 7. The maximum Gasteiger partial charge on any atom is 0.173 e. The minimum absolute atomic E-state index is 0. The van der Waals surface area contributed by atoms with Gasteiger partial charge in [0.1, 0.15) is 5.75 Å². The summed E-state index contributed by atoms with van der Waals surface area (Å²) in [6.45, 7) is 5.85. The van der Waals surface area contributed by atoms with Crippen molar-refractivity contribution in [2.24, 2.45) is 0 Å². The summed E-state index contributed by atoms with van der Waals surface area (Å²) in [5.74, 6) is 1.78. The van der Waals surface area contributed by atoms with Gasteiger partial charge in [0.15, 0.2) is 5.82 Å². The number of benzene rings is 1. The average Bonchev–Trinajstić information content (AvgIpc) is 3.59. The van der Waals surface area contributed by atoms with E-state index in [1.54, 1.807) is 7.11 Å². The van der Waals surface area contributed by atoms with Crippen LogP contribution in [0.2, 0.25) is 0 Å². The molecule has 8 nitrogen and oxygen atoms in total. The molecule has 1 saturated carbocycles. The van der Waals surface area contributed by atoms with E-state index in [-0.39, 0.29) is 24.6 Å². The minimum Gasteiger partial charge on any atom is -0.497 e. The highest BCUT2D eigenvalue weighted by Gasteiger charge is 2.33. The lowest BCUT2D eigenvalue weighted by molar-refractivity contribution is 0.0720. The van der Waals surface area contributed by atoms with E-state index < -0.39 is 0 Å². The number of methoxy groups -OCH3 is 1. The number of ether oxygens (including phenoxy) is 2. The van der Waals surface area contributed by atoms with Crippen molar-refractivity contribution in [1.82, 2.24) is 30.0 Å². The summed E-state index contributed by atoms with van der Waals surface area (Å²) in [6, 6.07) is 9.19. The molecule has 1 aromatic heterocycles. The van der Waals surface area contributed by atoms with Crippen molar-refractivity contribution in [3.05, 3.63) is 35.7 Å². The van der Waals surface area contributed by atoms with Crippen molar-refractivity contribution in [2.75, 3.05) is 39.9 Å². The van der Waals surface area contributed by atoms with Gasteiger partial charge in [-0.25, -0.2) is 4.68 Å². The van der Waals surface area contributed by atoms with Crippen LogP contribution in [0.4, 0.5) is 0 Å². The van der Waals surface area contributed by atoms with E-state index in [9.17, 15) is 0 Å². The smallest absolute Gasteiger partial charge is 0.173 e. The first kappa shape index (κ1) is 23.4.